The van der Waals surface area contributed by atoms with E-state index in [0.717, 1.165) is 10.8 Å². The number of fused-ring (bicyclic) bond motifs is 1. The zero-order valence-corrected chi connectivity index (χ0v) is 16.5. The van der Waals surface area contributed by atoms with E-state index in [2.05, 4.69) is 10.6 Å². The molecule has 7 heteroatoms. The number of carbonyl (C=O) groups is 3. The van der Waals surface area contributed by atoms with E-state index in [1.54, 1.807) is 36.4 Å². The number of benzene rings is 3. The molecule has 3 rings (SSSR count). The van der Waals surface area contributed by atoms with E-state index in [0.29, 0.717) is 23.6 Å². The molecule has 0 unspecified atom stereocenters. The number of hydrogen-bond donors (Lipinski definition) is 2. The minimum atomic E-state index is -0.711. The first kappa shape index (κ1) is 20.9. The van der Waals surface area contributed by atoms with Crippen LogP contribution < -0.4 is 15.4 Å². The molecular weight excluding hydrogens is 384 g/mol. The van der Waals surface area contributed by atoms with Gasteiger partial charge < -0.3 is 20.1 Å². The minimum Gasteiger partial charge on any atom is -0.492 e. The largest absolute Gasteiger partial charge is 0.492 e. The molecule has 3 aromatic carbocycles. The Morgan fingerprint density at radius 3 is 2.43 bits per heavy atom. The standard InChI is InChI=1S/C23H22N2O5/c1-2-29-20-10-6-5-9-19(20)25-21(26)15-30-22(27)14-24-23(28)18-12-11-16-7-3-4-8-17(16)13-18/h3-13H,2,14-15H2,1H3,(H,24,28)(H,25,26). The zero-order valence-electron chi connectivity index (χ0n) is 16.5. The van der Waals surface area contributed by atoms with Gasteiger partial charge in [-0.3, -0.25) is 14.4 Å². The molecule has 0 heterocycles. The summed E-state index contributed by atoms with van der Waals surface area (Å²) in [5.41, 5.74) is 0.928. The highest BCUT2D eigenvalue weighted by Crippen LogP contribution is 2.23. The van der Waals surface area contributed by atoms with Gasteiger partial charge in [-0.15, -0.1) is 0 Å². The predicted octanol–water partition coefficient (Wildman–Crippen LogP) is 3.15. The molecular formula is C23H22N2O5. The van der Waals surface area contributed by atoms with Gasteiger partial charge in [0.05, 0.1) is 12.3 Å². The van der Waals surface area contributed by atoms with Gasteiger partial charge in [-0.2, -0.15) is 0 Å². The minimum absolute atomic E-state index is 0.339. The summed E-state index contributed by atoms with van der Waals surface area (Å²) in [7, 11) is 0. The van der Waals surface area contributed by atoms with E-state index in [-0.39, 0.29) is 6.54 Å². The van der Waals surface area contributed by atoms with Gasteiger partial charge in [0.25, 0.3) is 11.8 Å². The first-order valence-electron chi connectivity index (χ1n) is 9.51. The topological polar surface area (TPSA) is 93.7 Å². The number of nitrogens with one attached hydrogen (secondary N) is 2. The molecule has 0 saturated heterocycles. The summed E-state index contributed by atoms with van der Waals surface area (Å²) in [4.78, 5) is 36.2. The molecule has 2 N–H and O–H groups in total. The molecule has 0 radical (unpaired) electrons. The number of anilines is 1. The van der Waals surface area contributed by atoms with Crippen molar-refractivity contribution in [2.75, 3.05) is 25.1 Å². The second-order valence-corrected chi connectivity index (χ2v) is 6.38. The normalized spacial score (nSPS) is 10.3. The van der Waals surface area contributed by atoms with Crippen molar-refractivity contribution in [1.82, 2.24) is 5.32 Å². The Hall–Kier alpha value is -3.87. The number of ether oxygens (including phenoxy) is 2. The molecule has 30 heavy (non-hydrogen) atoms. The molecule has 0 spiro atoms. The highest BCUT2D eigenvalue weighted by Gasteiger charge is 2.12. The molecule has 0 bridgehead atoms. The van der Waals surface area contributed by atoms with Crippen molar-refractivity contribution in [2.45, 2.75) is 6.92 Å². The lowest BCUT2D eigenvalue weighted by molar-refractivity contribution is -0.146. The van der Waals surface area contributed by atoms with Gasteiger partial charge in [0.1, 0.15) is 12.3 Å². The van der Waals surface area contributed by atoms with Gasteiger partial charge in [-0.25, -0.2) is 0 Å². The van der Waals surface area contributed by atoms with Crippen LogP contribution in [-0.4, -0.2) is 37.5 Å². The predicted molar refractivity (Wildman–Crippen MR) is 113 cm³/mol. The summed E-state index contributed by atoms with van der Waals surface area (Å²) in [5.74, 6) is -1.08. The van der Waals surface area contributed by atoms with Crippen LogP contribution in [0.15, 0.2) is 66.7 Å². The molecule has 0 atom stereocenters. The molecule has 7 nitrogen and oxygen atoms in total. The first-order chi connectivity index (χ1) is 14.6. The van der Waals surface area contributed by atoms with Crippen molar-refractivity contribution >= 4 is 34.2 Å². The van der Waals surface area contributed by atoms with Crippen LogP contribution in [0.25, 0.3) is 10.8 Å². The van der Waals surface area contributed by atoms with Crippen LogP contribution in [0.5, 0.6) is 5.75 Å². The maximum Gasteiger partial charge on any atom is 0.325 e. The number of para-hydroxylation sites is 2. The molecule has 0 aliphatic carbocycles. The lowest BCUT2D eigenvalue weighted by Gasteiger charge is -2.11. The quantitative estimate of drug-likeness (QED) is 0.561. The van der Waals surface area contributed by atoms with Crippen LogP contribution in [0.4, 0.5) is 5.69 Å². The Labute approximate surface area is 174 Å². The summed E-state index contributed by atoms with van der Waals surface area (Å²) >= 11 is 0. The SMILES string of the molecule is CCOc1ccccc1NC(=O)COC(=O)CNC(=O)c1ccc2ccccc2c1. The molecule has 0 aromatic heterocycles. The van der Waals surface area contributed by atoms with Crippen molar-refractivity contribution in [3.63, 3.8) is 0 Å². The number of carbonyl (C=O) groups excluding carboxylic acids is 3. The van der Waals surface area contributed by atoms with Crippen LogP contribution >= 0.6 is 0 Å². The van der Waals surface area contributed by atoms with E-state index < -0.39 is 24.4 Å². The first-order valence-corrected chi connectivity index (χ1v) is 9.51. The van der Waals surface area contributed by atoms with Crippen LogP contribution in [-0.2, 0) is 14.3 Å². The molecule has 3 aromatic rings. The Kier molecular flexibility index (Phi) is 7.00. The fraction of sp³-hybridized carbons (Fsp3) is 0.174. The highest BCUT2D eigenvalue weighted by molar-refractivity contribution is 6.00. The van der Waals surface area contributed by atoms with Gasteiger partial charge in [0, 0.05) is 5.56 Å². The van der Waals surface area contributed by atoms with Crippen LogP contribution in [0.2, 0.25) is 0 Å². The van der Waals surface area contributed by atoms with Gasteiger partial charge in [0.2, 0.25) is 0 Å². The third-order valence-electron chi connectivity index (χ3n) is 4.23. The third-order valence-corrected chi connectivity index (χ3v) is 4.23. The van der Waals surface area contributed by atoms with Crippen LogP contribution in [0.3, 0.4) is 0 Å². The monoisotopic (exact) mass is 406 g/mol. The van der Waals surface area contributed by atoms with Gasteiger partial charge in [0.15, 0.2) is 6.61 Å². The molecule has 0 saturated carbocycles. The second-order valence-electron chi connectivity index (χ2n) is 6.38. The summed E-state index contributed by atoms with van der Waals surface area (Å²) in [6.07, 6.45) is 0. The molecule has 0 fully saturated rings. The van der Waals surface area contributed by atoms with Gasteiger partial charge in [-0.05, 0) is 42.0 Å². The summed E-state index contributed by atoms with van der Waals surface area (Å²) in [5, 5.41) is 7.07. The molecule has 0 aliphatic heterocycles. The molecule has 0 aliphatic rings. The molecule has 154 valence electrons. The number of hydrogen-bond acceptors (Lipinski definition) is 5. The Bertz CT molecular complexity index is 1060. The van der Waals surface area contributed by atoms with Crippen LogP contribution in [0, 0.1) is 0 Å². The summed E-state index contributed by atoms with van der Waals surface area (Å²) in [6.45, 7) is 1.49. The van der Waals surface area contributed by atoms with Gasteiger partial charge in [-0.1, -0.05) is 42.5 Å². The lowest BCUT2D eigenvalue weighted by Crippen LogP contribution is -2.32. The maximum atomic E-state index is 12.3. The van der Waals surface area contributed by atoms with Crippen LogP contribution in [0.1, 0.15) is 17.3 Å². The fourth-order valence-electron chi connectivity index (χ4n) is 2.82. The van der Waals surface area contributed by atoms with E-state index in [9.17, 15) is 14.4 Å². The van der Waals surface area contributed by atoms with E-state index in [1.165, 1.54) is 0 Å². The van der Waals surface area contributed by atoms with Crippen molar-refractivity contribution in [3.05, 3.63) is 72.3 Å². The smallest absolute Gasteiger partial charge is 0.325 e. The number of rotatable bonds is 8. The molecule has 2 amide bonds. The average molecular weight is 406 g/mol. The van der Waals surface area contributed by atoms with E-state index >= 15 is 0 Å². The Morgan fingerprint density at radius 2 is 1.63 bits per heavy atom. The maximum absolute atomic E-state index is 12.3. The van der Waals surface area contributed by atoms with Crippen molar-refractivity contribution in [2.24, 2.45) is 0 Å². The number of esters is 1. The average Bonchev–Trinajstić information content (AvgIpc) is 2.77. The highest BCUT2D eigenvalue weighted by atomic mass is 16.5. The van der Waals surface area contributed by atoms with E-state index in [1.807, 2.05) is 37.3 Å². The zero-order chi connectivity index (χ0) is 21.3. The Balaban J connectivity index is 1.46. The second kappa shape index (κ2) is 10.1. The number of amides is 2. The lowest BCUT2D eigenvalue weighted by atomic mass is 10.1. The van der Waals surface area contributed by atoms with E-state index in [4.69, 9.17) is 9.47 Å². The van der Waals surface area contributed by atoms with Gasteiger partial charge >= 0.3 is 5.97 Å². The Morgan fingerprint density at radius 1 is 0.900 bits per heavy atom. The summed E-state index contributed by atoms with van der Waals surface area (Å²) < 4.78 is 10.4. The van der Waals surface area contributed by atoms with Crippen molar-refractivity contribution < 1.29 is 23.9 Å². The third kappa shape index (κ3) is 5.57. The van der Waals surface area contributed by atoms with Crippen molar-refractivity contribution in [3.8, 4) is 5.75 Å². The fourth-order valence-corrected chi connectivity index (χ4v) is 2.82. The summed E-state index contributed by atoms with van der Waals surface area (Å²) in [6, 6.07) is 19.9. The van der Waals surface area contributed by atoms with Crippen molar-refractivity contribution in [1.29, 1.82) is 0 Å².